The van der Waals surface area contributed by atoms with Crippen LogP contribution in [0.5, 0.6) is 0 Å². The third-order valence-electron chi connectivity index (χ3n) is 1.67. The van der Waals surface area contributed by atoms with E-state index in [1.807, 2.05) is 0 Å². The van der Waals surface area contributed by atoms with Gasteiger partial charge in [-0.25, -0.2) is 14.4 Å². The maximum atomic E-state index is 10.6. The molecule has 7 heteroatoms. The van der Waals surface area contributed by atoms with Crippen molar-refractivity contribution < 1.29 is 47.1 Å². The zero-order valence-electron chi connectivity index (χ0n) is 7.71. The van der Waals surface area contributed by atoms with E-state index in [0.29, 0.717) is 0 Å². The van der Waals surface area contributed by atoms with Crippen LogP contribution in [-0.4, -0.2) is 33.2 Å². The molecule has 0 heterocycles. The molecule has 0 atom stereocenters. The summed E-state index contributed by atoms with van der Waals surface area (Å²) >= 11 is 0. The van der Waals surface area contributed by atoms with E-state index in [1.165, 1.54) is 0 Å². The van der Waals surface area contributed by atoms with Crippen LogP contribution in [0.15, 0.2) is 18.2 Å². The normalized spacial score (nSPS) is 9.00. The molecule has 84 valence electrons. The minimum absolute atomic E-state index is 0. The van der Waals surface area contributed by atoms with E-state index in [1.54, 1.807) is 0 Å². The molecule has 1 rings (SSSR count). The molecule has 0 aliphatic carbocycles. The number of benzene rings is 1. The van der Waals surface area contributed by atoms with Crippen molar-refractivity contribution in [2.75, 3.05) is 0 Å². The van der Waals surface area contributed by atoms with Gasteiger partial charge in [-0.15, -0.1) is 0 Å². The van der Waals surface area contributed by atoms with Crippen molar-refractivity contribution in [1.29, 1.82) is 0 Å². The summed E-state index contributed by atoms with van der Waals surface area (Å²) in [6.07, 6.45) is 0. The number of rotatable bonds is 3. The first-order valence-electron chi connectivity index (χ1n) is 3.77. The molecule has 0 aliphatic heterocycles. The maximum absolute atomic E-state index is 10.6. The van der Waals surface area contributed by atoms with Gasteiger partial charge in [0, 0.05) is 17.4 Å². The van der Waals surface area contributed by atoms with Crippen LogP contribution in [0.4, 0.5) is 0 Å². The first kappa shape index (κ1) is 14.2. The molecule has 0 bridgehead atoms. The second-order valence-electron chi connectivity index (χ2n) is 2.71. The standard InChI is InChI=1S/C9H6O6.Cr/c10-7(11)4-1-5(8(12)13)3-6(2-4)9(14)15;/h1-3H,(H,10,11)(H,12,13)(H,14,15);. The van der Waals surface area contributed by atoms with E-state index in [4.69, 9.17) is 15.3 Å². The van der Waals surface area contributed by atoms with E-state index < -0.39 is 17.9 Å². The van der Waals surface area contributed by atoms with Crippen molar-refractivity contribution in [3.8, 4) is 0 Å². The third kappa shape index (κ3) is 3.09. The Balaban J connectivity index is 0.00000225. The molecule has 0 aliphatic rings. The second-order valence-corrected chi connectivity index (χ2v) is 2.71. The minimum atomic E-state index is -1.37. The van der Waals surface area contributed by atoms with Crippen molar-refractivity contribution in [3.63, 3.8) is 0 Å². The SMILES string of the molecule is O=C(O)c1cc(C(=O)O)cc(C(=O)O)c1.[Cr]. The van der Waals surface area contributed by atoms with E-state index in [2.05, 4.69) is 0 Å². The molecule has 0 radical (unpaired) electrons. The topological polar surface area (TPSA) is 112 Å². The zero-order chi connectivity index (χ0) is 11.6. The summed E-state index contributed by atoms with van der Waals surface area (Å²) in [7, 11) is 0. The molecule has 16 heavy (non-hydrogen) atoms. The van der Waals surface area contributed by atoms with E-state index in [0.717, 1.165) is 18.2 Å². The van der Waals surface area contributed by atoms with Gasteiger partial charge in [0.1, 0.15) is 0 Å². The first-order valence-corrected chi connectivity index (χ1v) is 3.77. The van der Waals surface area contributed by atoms with Gasteiger partial charge in [0.15, 0.2) is 0 Å². The molecule has 0 unspecified atom stereocenters. The monoisotopic (exact) mass is 262 g/mol. The number of hydrogen-bond donors (Lipinski definition) is 3. The maximum Gasteiger partial charge on any atom is 0.335 e. The predicted octanol–water partition coefficient (Wildman–Crippen LogP) is 0.779. The molecule has 0 fully saturated rings. The molecule has 0 amide bonds. The van der Waals surface area contributed by atoms with Gasteiger partial charge in [0.2, 0.25) is 0 Å². The van der Waals surface area contributed by atoms with E-state index in [9.17, 15) is 14.4 Å². The van der Waals surface area contributed by atoms with Gasteiger partial charge in [-0.3, -0.25) is 0 Å². The zero-order valence-corrected chi connectivity index (χ0v) is 8.98. The Morgan fingerprint density at radius 1 is 0.688 bits per heavy atom. The van der Waals surface area contributed by atoms with Crippen molar-refractivity contribution in [1.82, 2.24) is 0 Å². The Bertz CT molecular complexity index is 374. The summed E-state index contributed by atoms with van der Waals surface area (Å²) < 4.78 is 0. The van der Waals surface area contributed by atoms with Crippen molar-refractivity contribution in [3.05, 3.63) is 34.9 Å². The number of aromatic carboxylic acids is 3. The van der Waals surface area contributed by atoms with Crippen molar-refractivity contribution in [2.45, 2.75) is 0 Å². The van der Waals surface area contributed by atoms with Crippen LogP contribution >= 0.6 is 0 Å². The summed E-state index contributed by atoms with van der Waals surface area (Å²) in [6.45, 7) is 0. The molecule has 0 aromatic heterocycles. The summed E-state index contributed by atoms with van der Waals surface area (Å²) in [5, 5.41) is 25.8. The summed E-state index contributed by atoms with van der Waals surface area (Å²) in [4.78, 5) is 31.7. The molecule has 6 nitrogen and oxygen atoms in total. The van der Waals surface area contributed by atoms with Gasteiger partial charge < -0.3 is 15.3 Å². The van der Waals surface area contributed by atoms with E-state index >= 15 is 0 Å². The second kappa shape index (κ2) is 5.30. The molecular formula is C9H6CrO6. The first-order chi connectivity index (χ1) is 6.91. The Morgan fingerprint density at radius 2 is 0.875 bits per heavy atom. The molecule has 3 N–H and O–H groups in total. The van der Waals surface area contributed by atoms with Crippen LogP contribution in [0.1, 0.15) is 31.1 Å². The van der Waals surface area contributed by atoms with Gasteiger partial charge in [0.05, 0.1) is 16.7 Å². The molecule has 0 saturated heterocycles. The largest absolute Gasteiger partial charge is 0.478 e. The Labute approximate surface area is 100 Å². The predicted molar refractivity (Wildman–Crippen MR) is 47.3 cm³/mol. The number of carboxylic acids is 3. The van der Waals surface area contributed by atoms with Gasteiger partial charge in [-0.05, 0) is 18.2 Å². The van der Waals surface area contributed by atoms with Crippen LogP contribution in [0.25, 0.3) is 0 Å². The molecular weight excluding hydrogens is 256 g/mol. The fourth-order valence-corrected chi connectivity index (χ4v) is 0.998. The van der Waals surface area contributed by atoms with Gasteiger partial charge in [-0.1, -0.05) is 0 Å². The molecule has 1 aromatic rings. The quantitative estimate of drug-likeness (QED) is 0.742. The number of carbonyl (C=O) groups is 3. The molecule has 0 saturated carbocycles. The average molecular weight is 262 g/mol. The summed E-state index contributed by atoms with van der Waals surface area (Å²) in [5.74, 6) is -4.12. The minimum Gasteiger partial charge on any atom is -0.478 e. The van der Waals surface area contributed by atoms with Gasteiger partial charge in [-0.2, -0.15) is 0 Å². The molecule has 0 spiro atoms. The fraction of sp³-hybridized carbons (Fsp3) is 0. The average Bonchev–Trinajstić information content (AvgIpc) is 2.16. The number of carboxylic acid groups (broad SMARTS) is 3. The van der Waals surface area contributed by atoms with Crippen molar-refractivity contribution in [2.24, 2.45) is 0 Å². The van der Waals surface area contributed by atoms with Crippen LogP contribution in [0.2, 0.25) is 0 Å². The van der Waals surface area contributed by atoms with Crippen molar-refractivity contribution >= 4 is 17.9 Å². The summed E-state index contributed by atoms with van der Waals surface area (Å²) in [6, 6.07) is 2.70. The van der Waals surface area contributed by atoms with E-state index in [-0.39, 0.29) is 34.1 Å². The van der Waals surface area contributed by atoms with Crippen LogP contribution in [-0.2, 0) is 17.4 Å². The number of hydrogen-bond acceptors (Lipinski definition) is 3. The van der Waals surface area contributed by atoms with Crippen LogP contribution in [0.3, 0.4) is 0 Å². The Hall–Kier alpha value is -1.84. The smallest absolute Gasteiger partial charge is 0.335 e. The van der Waals surface area contributed by atoms with Crippen LogP contribution < -0.4 is 0 Å². The summed E-state index contributed by atoms with van der Waals surface area (Å²) in [5.41, 5.74) is -1.10. The molecule has 1 aromatic carbocycles. The van der Waals surface area contributed by atoms with Gasteiger partial charge in [0.25, 0.3) is 0 Å². The fourth-order valence-electron chi connectivity index (χ4n) is 0.998. The van der Waals surface area contributed by atoms with Crippen LogP contribution in [0, 0.1) is 0 Å². The van der Waals surface area contributed by atoms with Gasteiger partial charge >= 0.3 is 17.9 Å². The Kier molecular flexibility index (Phi) is 4.69. The third-order valence-corrected chi connectivity index (χ3v) is 1.67. The Morgan fingerprint density at radius 3 is 1.00 bits per heavy atom.